The van der Waals surface area contributed by atoms with Crippen LogP contribution < -0.4 is 0 Å². The number of rotatable bonds is 51. The van der Waals surface area contributed by atoms with Crippen LogP contribution in [0.2, 0.25) is 0 Å². The molecule has 9 heteroatoms. The van der Waals surface area contributed by atoms with Gasteiger partial charge in [-0.25, -0.2) is 4.57 Å². The summed E-state index contributed by atoms with van der Waals surface area (Å²) in [7, 11) is 1.64. The van der Waals surface area contributed by atoms with Crippen LogP contribution >= 0.6 is 7.82 Å². The molecule has 0 spiro atoms. The molecule has 0 saturated heterocycles. The average molecular weight is 1010 g/mol. The summed E-state index contributed by atoms with van der Waals surface area (Å²) >= 11 is 0. The maximum Gasteiger partial charge on any atom is 0.472 e. The number of carbonyl (C=O) groups is 1. The molecule has 0 aromatic rings. The number of hydrogen-bond acceptors (Lipinski definition) is 6. The Morgan fingerprint density at radius 3 is 1.15 bits per heavy atom. The Morgan fingerprint density at radius 2 is 0.775 bits per heavy atom. The van der Waals surface area contributed by atoms with E-state index in [9.17, 15) is 14.3 Å². The van der Waals surface area contributed by atoms with Crippen molar-refractivity contribution in [3.8, 4) is 0 Å². The van der Waals surface area contributed by atoms with Crippen molar-refractivity contribution < 1.29 is 37.3 Å². The predicted octanol–water partition coefficient (Wildman–Crippen LogP) is 18.1. The largest absolute Gasteiger partial charge is 0.472 e. The SMILES string of the molecule is CC/C=C\C/C=C\C/C=C\C/C=C\C/C=C\CCCCCCCCCCCC(=O)OC(COCCCCCCCCCC/C=C\C/C=C\C/C=C\C/C=C\C/C=C\CC)COP(=O)(O)OCC[N+](C)(C)C. The highest BCUT2D eigenvalue weighted by molar-refractivity contribution is 7.47. The van der Waals surface area contributed by atoms with Crippen LogP contribution in [-0.4, -0.2) is 75.6 Å². The molecule has 406 valence electrons. The van der Waals surface area contributed by atoms with Crippen LogP contribution in [0.3, 0.4) is 0 Å². The van der Waals surface area contributed by atoms with E-state index in [2.05, 4.69) is 135 Å². The number of carbonyl (C=O) groups excluding carboxylic acids is 1. The predicted molar refractivity (Wildman–Crippen MR) is 307 cm³/mol. The normalized spacial score (nSPS) is 14.4. The van der Waals surface area contributed by atoms with E-state index in [1.165, 1.54) is 77.0 Å². The fraction of sp³-hybridized carbons (Fsp3) is 0.661. The molecule has 0 aromatic heterocycles. The second kappa shape index (κ2) is 53.2. The third-order valence-corrected chi connectivity index (χ3v) is 12.5. The Kier molecular flexibility index (Phi) is 50.9. The molecule has 0 aromatic carbocycles. The van der Waals surface area contributed by atoms with Crippen molar-refractivity contribution in [2.75, 3.05) is 54.1 Å². The second-order valence-corrected chi connectivity index (χ2v) is 21.0. The van der Waals surface area contributed by atoms with Gasteiger partial charge in [-0.1, -0.05) is 219 Å². The molecular weight excluding hydrogens is 902 g/mol. The summed E-state index contributed by atoms with van der Waals surface area (Å²) in [5.74, 6) is -0.328. The van der Waals surface area contributed by atoms with Gasteiger partial charge in [0.15, 0.2) is 0 Å². The first-order chi connectivity index (χ1) is 34.6. The fourth-order valence-corrected chi connectivity index (χ4v) is 8.00. The van der Waals surface area contributed by atoms with Crippen LogP contribution in [0.5, 0.6) is 0 Å². The van der Waals surface area contributed by atoms with Crippen LogP contribution in [0, 0.1) is 0 Å². The van der Waals surface area contributed by atoms with Gasteiger partial charge in [0.05, 0.1) is 34.4 Å². The van der Waals surface area contributed by atoms with Gasteiger partial charge >= 0.3 is 13.8 Å². The maximum absolute atomic E-state index is 12.8. The molecule has 0 aliphatic carbocycles. The van der Waals surface area contributed by atoms with E-state index < -0.39 is 13.9 Å². The Bertz CT molecular complexity index is 1550. The Labute approximate surface area is 437 Å². The topological polar surface area (TPSA) is 91.3 Å². The first-order valence-electron chi connectivity index (χ1n) is 28.3. The minimum Gasteiger partial charge on any atom is -0.457 e. The van der Waals surface area contributed by atoms with Gasteiger partial charge in [0.2, 0.25) is 0 Å². The van der Waals surface area contributed by atoms with Crippen LogP contribution in [0.1, 0.15) is 206 Å². The number of esters is 1. The molecule has 0 saturated carbocycles. The molecule has 1 N–H and O–H groups in total. The minimum atomic E-state index is -4.30. The highest BCUT2D eigenvalue weighted by Gasteiger charge is 2.26. The number of phosphoric acid groups is 1. The molecule has 71 heavy (non-hydrogen) atoms. The smallest absolute Gasteiger partial charge is 0.457 e. The van der Waals surface area contributed by atoms with Crippen molar-refractivity contribution in [3.05, 3.63) is 122 Å². The Balaban J connectivity index is 4.16. The van der Waals surface area contributed by atoms with Gasteiger partial charge in [-0.2, -0.15) is 0 Å². The lowest BCUT2D eigenvalue weighted by Crippen LogP contribution is -2.37. The summed E-state index contributed by atoms with van der Waals surface area (Å²) in [5.41, 5.74) is 0. The quantitative estimate of drug-likeness (QED) is 0.0213. The van der Waals surface area contributed by atoms with Gasteiger partial charge in [0, 0.05) is 13.0 Å². The zero-order chi connectivity index (χ0) is 51.9. The Hall–Kier alpha value is -3.10. The summed E-state index contributed by atoms with van der Waals surface area (Å²) in [6, 6.07) is 0. The van der Waals surface area contributed by atoms with E-state index in [-0.39, 0.29) is 25.8 Å². The number of allylic oxidation sites excluding steroid dienone is 20. The van der Waals surface area contributed by atoms with E-state index in [1.54, 1.807) is 0 Å². The van der Waals surface area contributed by atoms with Crippen molar-refractivity contribution in [1.82, 2.24) is 0 Å². The number of hydrogen-bond donors (Lipinski definition) is 1. The van der Waals surface area contributed by atoms with Crippen LogP contribution in [0.4, 0.5) is 0 Å². The van der Waals surface area contributed by atoms with Crippen LogP contribution in [0.25, 0.3) is 0 Å². The highest BCUT2D eigenvalue weighted by Crippen LogP contribution is 2.43. The van der Waals surface area contributed by atoms with E-state index in [0.717, 1.165) is 109 Å². The third-order valence-electron chi connectivity index (χ3n) is 11.5. The zero-order valence-electron chi connectivity index (χ0n) is 46.2. The molecule has 0 rings (SSSR count). The summed E-state index contributed by atoms with van der Waals surface area (Å²) in [6.07, 6.45) is 76.8. The van der Waals surface area contributed by atoms with E-state index in [1.807, 2.05) is 21.1 Å². The van der Waals surface area contributed by atoms with Crippen molar-refractivity contribution in [1.29, 1.82) is 0 Å². The van der Waals surface area contributed by atoms with E-state index >= 15 is 0 Å². The van der Waals surface area contributed by atoms with E-state index in [4.69, 9.17) is 18.5 Å². The van der Waals surface area contributed by atoms with Crippen molar-refractivity contribution in [3.63, 3.8) is 0 Å². The van der Waals surface area contributed by atoms with Crippen molar-refractivity contribution in [2.24, 2.45) is 0 Å². The zero-order valence-corrected chi connectivity index (χ0v) is 47.1. The van der Waals surface area contributed by atoms with Crippen molar-refractivity contribution >= 4 is 13.8 Å². The van der Waals surface area contributed by atoms with Crippen LogP contribution in [0.15, 0.2) is 122 Å². The van der Waals surface area contributed by atoms with Gasteiger partial charge in [-0.15, -0.1) is 0 Å². The van der Waals surface area contributed by atoms with Crippen molar-refractivity contribution in [2.45, 2.75) is 213 Å². The lowest BCUT2D eigenvalue weighted by molar-refractivity contribution is -0.870. The second-order valence-electron chi connectivity index (χ2n) is 19.6. The van der Waals surface area contributed by atoms with Gasteiger partial charge in [0.25, 0.3) is 0 Å². The summed E-state index contributed by atoms with van der Waals surface area (Å²) in [6.45, 7) is 5.35. The standard InChI is InChI=1S/C62H106NO7P/c1-6-8-10-12-14-16-18-20-22-24-26-28-30-32-33-35-37-39-41-43-45-47-49-51-53-55-62(64)70-61(60-69-71(65,66)68-58-56-63(3,4)5)59-67-57-54-52-50-48-46-44-42-40-38-36-34-31-29-27-25-23-21-19-17-15-13-11-9-7-2/h8-11,14-17,20-23,26-29,32-34,36,61H,6-7,12-13,18-19,24-25,30-31,35,37-60H2,1-5H3/p+1/b10-8-,11-9-,16-14-,17-15-,22-20-,23-21-,28-26-,29-27-,33-32-,36-34-. The first-order valence-corrected chi connectivity index (χ1v) is 29.8. The molecule has 0 amide bonds. The molecular formula is C62H107NO7P+. The summed E-state index contributed by atoms with van der Waals surface area (Å²) in [4.78, 5) is 23.1. The van der Waals surface area contributed by atoms with Gasteiger partial charge < -0.3 is 18.9 Å². The monoisotopic (exact) mass is 1010 g/mol. The van der Waals surface area contributed by atoms with Gasteiger partial charge in [-0.05, 0) is 103 Å². The highest BCUT2D eigenvalue weighted by atomic mass is 31.2. The van der Waals surface area contributed by atoms with E-state index in [0.29, 0.717) is 24.1 Å². The molecule has 2 atom stereocenters. The fourth-order valence-electron chi connectivity index (χ4n) is 7.25. The molecule has 0 radical (unpaired) electrons. The minimum absolute atomic E-state index is 0.0785. The lowest BCUT2D eigenvalue weighted by Gasteiger charge is -2.24. The Morgan fingerprint density at radius 1 is 0.437 bits per heavy atom. The molecule has 0 heterocycles. The summed E-state index contributed by atoms with van der Waals surface area (Å²) < 4.78 is 35.2. The van der Waals surface area contributed by atoms with Crippen LogP contribution in [-0.2, 0) is 27.9 Å². The number of nitrogens with zero attached hydrogens (tertiary/aromatic N) is 1. The number of quaternary nitrogens is 1. The molecule has 0 aliphatic heterocycles. The molecule has 0 aliphatic rings. The van der Waals surface area contributed by atoms with Gasteiger partial charge in [0.1, 0.15) is 19.3 Å². The maximum atomic E-state index is 12.8. The average Bonchev–Trinajstić information content (AvgIpc) is 3.33. The molecule has 2 unspecified atom stereocenters. The number of ether oxygens (including phenoxy) is 2. The molecule has 8 nitrogen and oxygen atoms in total. The number of likely N-dealkylation sites (N-methyl/N-ethyl adjacent to an activating group) is 1. The van der Waals surface area contributed by atoms with Gasteiger partial charge in [-0.3, -0.25) is 13.8 Å². The summed E-state index contributed by atoms with van der Waals surface area (Å²) in [5, 5.41) is 0. The number of phosphoric ester groups is 1. The molecule has 0 bridgehead atoms. The molecule has 0 fully saturated rings. The lowest BCUT2D eigenvalue weighted by atomic mass is 10.1. The third kappa shape index (κ3) is 57.7. The number of unbranched alkanes of at least 4 members (excludes halogenated alkanes) is 17. The first kappa shape index (κ1) is 67.9.